The van der Waals surface area contributed by atoms with Crippen molar-refractivity contribution in [3.63, 3.8) is 0 Å². The first kappa shape index (κ1) is 9.33. The molecule has 0 fully saturated rings. The van der Waals surface area contributed by atoms with Gasteiger partial charge in [0.15, 0.2) is 12.6 Å². The molecule has 15 heavy (non-hydrogen) atoms. The molecule has 1 aromatic heterocycles. The highest BCUT2D eigenvalue weighted by Crippen LogP contribution is 2.09. The van der Waals surface area contributed by atoms with E-state index in [9.17, 15) is 9.59 Å². The Morgan fingerprint density at radius 2 is 1.80 bits per heavy atom. The normalized spacial score (nSPS) is 9.87. The minimum Gasteiger partial charge on any atom is -0.298 e. The van der Waals surface area contributed by atoms with Crippen LogP contribution in [0.4, 0.5) is 0 Å². The van der Waals surface area contributed by atoms with Crippen molar-refractivity contribution in [2.45, 2.75) is 0 Å². The molecule has 0 amide bonds. The quantitative estimate of drug-likeness (QED) is 0.705. The maximum absolute atomic E-state index is 10.6. The lowest BCUT2D eigenvalue weighted by atomic mass is 10.3. The van der Waals surface area contributed by atoms with Gasteiger partial charge in [0.05, 0.1) is 11.3 Å². The van der Waals surface area contributed by atoms with Gasteiger partial charge in [-0.15, -0.1) is 0 Å². The monoisotopic (exact) mass is 200 g/mol. The first-order valence-electron chi connectivity index (χ1n) is 4.40. The van der Waals surface area contributed by atoms with Gasteiger partial charge in [-0.05, 0) is 12.1 Å². The van der Waals surface area contributed by atoms with Crippen LogP contribution in [0.3, 0.4) is 0 Å². The summed E-state index contributed by atoms with van der Waals surface area (Å²) in [7, 11) is 0. The van der Waals surface area contributed by atoms with Crippen LogP contribution in [0.15, 0.2) is 36.5 Å². The Balaban J connectivity index is 2.51. The van der Waals surface area contributed by atoms with Crippen molar-refractivity contribution >= 4 is 12.6 Å². The van der Waals surface area contributed by atoms with Crippen LogP contribution in [0.25, 0.3) is 5.69 Å². The summed E-state index contributed by atoms with van der Waals surface area (Å²) in [6.45, 7) is 0. The van der Waals surface area contributed by atoms with Gasteiger partial charge >= 0.3 is 0 Å². The molecule has 0 N–H and O–H groups in total. The Bertz CT molecular complexity index is 463. The Morgan fingerprint density at radius 3 is 2.33 bits per heavy atom. The first-order valence-corrected chi connectivity index (χ1v) is 4.40. The summed E-state index contributed by atoms with van der Waals surface area (Å²) in [5.41, 5.74) is 1.27. The third kappa shape index (κ3) is 1.69. The number of para-hydroxylation sites is 1. The second-order valence-electron chi connectivity index (χ2n) is 2.99. The predicted octanol–water partition coefficient (Wildman–Crippen LogP) is 1.50. The number of carbonyl (C=O) groups excluding carboxylic acids is 2. The molecule has 0 radical (unpaired) electrons. The molecule has 0 aliphatic carbocycles. The van der Waals surface area contributed by atoms with E-state index in [1.807, 2.05) is 30.3 Å². The molecule has 0 aliphatic heterocycles. The predicted molar refractivity (Wildman–Crippen MR) is 54.3 cm³/mol. The average Bonchev–Trinajstić information content (AvgIpc) is 2.73. The minimum absolute atomic E-state index is 0.161. The Kier molecular flexibility index (Phi) is 2.41. The third-order valence-corrected chi connectivity index (χ3v) is 2.03. The van der Waals surface area contributed by atoms with Gasteiger partial charge in [-0.2, -0.15) is 5.10 Å². The zero-order valence-corrected chi connectivity index (χ0v) is 7.83. The molecule has 0 aliphatic rings. The van der Waals surface area contributed by atoms with Crippen molar-refractivity contribution < 1.29 is 9.59 Å². The van der Waals surface area contributed by atoms with Gasteiger partial charge in [0.1, 0.15) is 5.69 Å². The summed E-state index contributed by atoms with van der Waals surface area (Å²) in [5, 5.41) is 3.99. The fourth-order valence-corrected chi connectivity index (χ4v) is 1.30. The molecule has 0 spiro atoms. The Labute approximate surface area is 86.1 Å². The molecule has 0 unspecified atom stereocenters. The van der Waals surface area contributed by atoms with Crippen molar-refractivity contribution in [3.8, 4) is 5.69 Å². The lowest BCUT2D eigenvalue weighted by Gasteiger charge is -1.98. The molecular weight excluding hydrogens is 192 g/mol. The molecule has 2 aromatic rings. The lowest BCUT2D eigenvalue weighted by molar-refractivity contribution is 0.109. The maximum atomic E-state index is 10.6. The van der Waals surface area contributed by atoms with Crippen molar-refractivity contribution in [1.82, 2.24) is 9.78 Å². The van der Waals surface area contributed by atoms with Crippen LogP contribution in [0.1, 0.15) is 20.8 Å². The van der Waals surface area contributed by atoms with E-state index < -0.39 is 0 Å². The summed E-state index contributed by atoms with van der Waals surface area (Å²) < 4.78 is 1.51. The lowest BCUT2D eigenvalue weighted by Crippen LogP contribution is -1.94. The number of rotatable bonds is 3. The molecule has 1 aromatic carbocycles. The van der Waals surface area contributed by atoms with Gasteiger partial charge in [0.25, 0.3) is 0 Å². The average molecular weight is 200 g/mol. The summed E-state index contributed by atoms with van der Waals surface area (Å²) in [4.78, 5) is 21.2. The highest BCUT2D eigenvalue weighted by atomic mass is 16.1. The van der Waals surface area contributed by atoms with E-state index in [1.165, 1.54) is 10.9 Å². The zero-order chi connectivity index (χ0) is 10.7. The van der Waals surface area contributed by atoms with Crippen molar-refractivity contribution in [2.24, 2.45) is 0 Å². The number of carbonyl (C=O) groups is 2. The van der Waals surface area contributed by atoms with E-state index in [0.29, 0.717) is 18.1 Å². The topological polar surface area (TPSA) is 52.0 Å². The van der Waals surface area contributed by atoms with Crippen LogP contribution in [-0.4, -0.2) is 22.4 Å². The van der Waals surface area contributed by atoms with Crippen LogP contribution in [0, 0.1) is 0 Å². The van der Waals surface area contributed by atoms with Crippen molar-refractivity contribution in [1.29, 1.82) is 0 Å². The van der Waals surface area contributed by atoms with E-state index in [1.54, 1.807) is 0 Å². The van der Waals surface area contributed by atoms with E-state index in [0.717, 1.165) is 5.69 Å². The van der Waals surface area contributed by atoms with E-state index in [-0.39, 0.29) is 5.69 Å². The standard InChI is InChI=1S/C11H8N2O2/c14-7-9-6-13(12-11(9)8-15)10-4-2-1-3-5-10/h1-8H. The molecule has 74 valence electrons. The zero-order valence-electron chi connectivity index (χ0n) is 7.83. The van der Waals surface area contributed by atoms with Crippen LogP contribution < -0.4 is 0 Å². The molecule has 0 saturated carbocycles. The molecule has 0 saturated heterocycles. The van der Waals surface area contributed by atoms with E-state index in [2.05, 4.69) is 5.10 Å². The fraction of sp³-hybridized carbons (Fsp3) is 0. The Morgan fingerprint density at radius 1 is 1.07 bits per heavy atom. The molecular formula is C11H8N2O2. The number of aldehydes is 2. The van der Waals surface area contributed by atoms with Crippen LogP contribution in [-0.2, 0) is 0 Å². The molecule has 0 bridgehead atoms. The summed E-state index contributed by atoms with van der Waals surface area (Å²) in [6, 6.07) is 9.29. The molecule has 0 atom stereocenters. The minimum atomic E-state index is 0.161. The van der Waals surface area contributed by atoms with Crippen molar-refractivity contribution in [2.75, 3.05) is 0 Å². The molecule has 2 rings (SSSR count). The maximum Gasteiger partial charge on any atom is 0.171 e. The smallest absolute Gasteiger partial charge is 0.171 e. The van der Waals surface area contributed by atoms with Gasteiger partial charge in [-0.1, -0.05) is 18.2 Å². The highest BCUT2D eigenvalue weighted by molar-refractivity contribution is 5.88. The number of benzene rings is 1. The van der Waals surface area contributed by atoms with E-state index >= 15 is 0 Å². The van der Waals surface area contributed by atoms with Gasteiger partial charge in [0.2, 0.25) is 0 Å². The fourth-order valence-electron chi connectivity index (χ4n) is 1.30. The molecule has 4 heteroatoms. The van der Waals surface area contributed by atoms with Crippen LogP contribution in [0.2, 0.25) is 0 Å². The second kappa shape index (κ2) is 3.88. The number of hydrogen-bond acceptors (Lipinski definition) is 3. The summed E-state index contributed by atoms with van der Waals surface area (Å²) >= 11 is 0. The van der Waals surface area contributed by atoms with E-state index in [4.69, 9.17) is 0 Å². The van der Waals surface area contributed by atoms with Crippen LogP contribution in [0.5, 0.6) is 0 Å². The first-order chi connectivity index (χ1) is 7.35. The summed E-state index contributed by atoms with van der Waals surface area (Å²) in [6.07, 6.45) is 2.73. The number of aromatic nitrogens is 2. The third-order valence-electron chi connectivity index (χ3n) is 2.03. The number of hydrogen-bond donors (Lipinski definition) is 0. The Hall–Kier alpha value is -2.23. The molecule has 1 heterocycles. The van der Waals surface area contributed by atoms with Gasteiger partial charge < -0.3 is 0 Å². The molecule has 4 nitrogen and oxygen atoms in total. The van der Waals surface area contributed by atoms with Gasteiger partial charge in [0, 0.05) is 6.20 Å². The van der Waals surface area contributed by atoms with Gasteiger partial charge in [-0.3, -0.25) is 9.59 Å². The SMILES string of the molecule is O=Cc1cn(-c2ccccc2)nc1C=O. The van der Waals surface area contributed by atoms with Crippen molar-refractivity contribution in [3.05, 3.63) is 47.8 Å². The van der Waals surface area contributed by atoms with Gasteiger partial charge in [-0.25, -0.2) is 4.68 Å². The highest BCUT2D eigenvalue weighted by Gasteiger charge is 2.07. The number of nitrogens with zero attached hydrogens (tertiary/aromatic N) is 2. The largest absolute Gasteiger partial charge is 0.298 e. The van der Waals surface area contributed by atoms with Crippen LogP contribution >= 0.6 is 0 Å². The second-order valence-corrected chi connectivity index (χ2v) is 2.99. The summed E-state index contributed by atoms with van der Waals surface area (Å²) in [5.74, 6) is 0.